The van der Waals surface area contributed by atoms with Crippen molar-refractivity contribution in [3.63, 3.8) is 0 Å². The zero-order valence-electron chi connectivity index (χ0n) is 9.14. The molecule has 16 heavy (non-hydrogen) atoms. The second-order valence-electron chi connectivity index (χ2n) is 3.46. The van der Waals surface area contributed by atoms with Gasteiger partial charge >= 0.3 is 0 Å². The fraction of sp³-hybridized carbons (Fsp3) is 0.182. The van der Waals surface area contributed by atoms with E-state index >= 15 is 0 Å². The summed E-state index contributed by atoms with van der Waals surface area (Å²) in [7, 11) is 3.30. The standard InChI is InChI=1S/C11H13N3O2/c1-14-11(12)6-9(13-14)8-4-3-7(16-2)5-10(8)15/h3-6,15H,12H2,1-2H3. The van der Waals surface area contributed by atoms with Crippen molar-refractivity contribution in [2.75, 3.05) is 12.8 Å². The van der Waals surface area contributed by atoms with Gasteiger partial charge in [0.25, 0.3) is 0 Å². The summed E-state index contributed by atoms with van der Waals surface area (Å²) in [6.45, 7) is 0. The first-order valence-electron chi connectivity index (χ1n) is 4.78. The predicted octanol–water partition coefficient (Wildman–Crippen LogP) is 1.38. The van der Waals surface area contributed by atoms with E-state index in [0.717, 1.165) is 0 Å². The van der Waals surface area contributed by atoms with Gasteiger partial charge in [0.15, 0.2) is 0 Å². The molecule has 2 rings (SSSR count). The van der Waals surface area contributed by atoms with Gasteiger partial charge in [-0.25, -0.2) is 0 Å². The third kappa shape index (κ3) is 1.67. The second kappa shape index (κ2) is 3.77. The van der Waals surface area contributed by atoms with E-state index < -0.39 is 0 Å². The van der Waals surface area contributed by atoms with E-state index in [4.69, 9.17) is 10.5 Å². The summed E-state index contributed by atoms with van der Waals surface area (Å²) in [5.74, 6) is 1.27. The molecule has 5 heteroatoms. The van der Waals surface area contributed by atoms with Crippen molar-refractivity contribution in [1.29, 1.82) is 0 Å². The Morgan fingerprint density at radius 3 is 2.62 bits per heavy atom. The average molecular weight is 219 g/mol. The van der Waals surface area contributed by atoms with E-state index in [9.17, 15) is 5.11 Å². The third-order valence-corrected chi connectivity index (χ3v) is 2.40. The maximum Gasteiger partial charge on any atom is 0.128 e. The Balaban J connectivity index is 2.48. The molecule has 0 saturated heterocycles. The minimum Gasteiger partial charge on any atom is -0.507 e. The number of phenols is 1. The Kier molecular flexibility index (Phi) is 2.44. The van der Waals surface area contributed by atoms with Gasteiger partial charge < -0.3 is 15.6 Å². The van der Waals surface area contributed by atoms with E-state index in [0.29, 0.717) is 22.8 Å². The van der Waals surface area contributed by atoms with Crippen LogP contribution in [0.1, 0.15) is 0 Å². The van der Waals surface area contributed by atoms with Gasteiger partial charge in [0.1, 0.15) is 17.3 Å². The first-order valence-corrected chi connectivity index (χ1v) is 4.78. The maximum atomic E-state index is 9.81. The van der Waals surface area contributed by atoms with Gasteiger partial charge in [-0.1, -0.05) is 0 Å². The van der Waals surface area contributed by atoms with Crippen LogP contribution in [0.5, 0.6) is 11.5 Å². The Hall–Kier alpha value is -2.17. The summed E-state index contributed by atoms with van der Waals surface area (Å²) in [5.41, 5.74) is 6.95. The number of aryl methyl sites for hydroxylation is 1. The highest BCUT2D eigenvalue weighted by atomic mass is 16.5. The molecule has 5 nitrogen and oxygen atoms in total. The molecule has 0 aliphatic rings. The highest BCUT2D eigenvalue weighted by Gasteiger charge is 2.10. The molecular formula is C11H13N3O2. The lowest BCUT2D eigenvalue weighted by atomic mass is 10.1. The number of rotatable bonds is 2. The number of nitrogen functional groups attached to an aromatic ring is 1. The van der Waals surface area contributed by atoms with Crippen LogP contribution in [0.15, 0.2) is 24.3 Å². The summed E-state index contributed by atoms with van der Waals surface area (Å²) in [6, 6.07) is 6.76. The molecule has 2 aromatic rings. The van der Waals surface area contributed by atoms with Gasteiger partial charge in [0.05, 0.1) is 12.8 Å². The molecule has 0 aliphatic heterocycles. The molecule has 0 aliphatic carbocycles. The van der Waals surface area contributed by atoms with Crippen molar-refractivity contribution in [2.24, 2.45) is 7.05 Å². The third-order valence-electron chi connectivity index (χ3n) is 2.40. The fourth-order valence-electron chi connectivity index (χ4n) is 1.47. The maximum absolute atomic E-state index is 9.81. The number of hydrogen-bond donors (Lipinski definition) is 2. The molecular weight excluding hydrogens is 206 g/mol. The lowest BCUT2D eigenvalue weighted by Crippen LogP contribution is -1.96. The monoisotopic (exact) mass is 219 g/mol. The SMILES string of the molecule is COc1ccc(-c2cc(N)n(C)n2)c(O)c1. The van der Waals surface area contributed by atoms with Gasteiger partial charge in [0, 0.05) is 24.7 Å². The molecule has 0 atom stereocenters. The average Bonchev–Trinajstić information content (AvgIpc) is 2.58. The van der Waals surface area contributed by atoms with Gasteiger partial charge in [-0.05, 0) is 12.1 Å². The summed E-state index contributed by atoms with van der Waals surface area (Å²) >= 11 is 0. The largest absolute Gasteiger partial charge is 0.507 e. The van der Waals surface area contributed by atoms with Crippen LogP contribution in [0.25, 0.3) is 11.3 Å². The predicted molar refractivity (Wildman–Crippen MR) is 61.3 cm³/mol. The minimum atomic E-state index is 0.123. The van der Waals surface area contributed by atoms with E-state index in [1.54, 1.807) is 43.1 Å². The highest BCUT2D eigenvalue weighted by Crippen LogP contribution is 2.32. The van der Waals surface area contributed by atoms with Gasteiger partial charge in [-0.15, -0.1) is 0 Å². The second-order valence-corrected chi connectivity index (χ2v) is 3.46. The van der Waals surface area contributed by atoms with E-state index in [1.165, 1.54) is 0 Å². The number of ether oxygens (including phenoxy) is 1. The lowest BCUT2D eigenvalue weighted by molar-refractivity contribution is 0.408. The number of aromatic hydroxyl groups is 1. The quantitative estimate of drug-likeness (QED) is 0.800. The number of methoxy groups -OCH3 is 1. The molecule has 0 bridgehead atoms. The molecule has 0 radical (unpaired) electrons. The molecule has 1 aromatic heterocycles. The Morgan fingerprint density at radius 1 is 1.38 bits per heavy atom. The van der Waals surface area contributed by atoms with Crippen LogP contribution < -0.4 is 10.5 Å². The summed E-state index contributed by atoms with van der Waals surface area (Å²) in [6.07, 6.45) is 0. The van der Waals surface area contributed by atoms with Gasteiger partial charge in [-0.2, -0.15) is 5.10 Å². The molecule has 0 unspecified atom stereocenters. The number of aromatic nitrogens is 2. The number of hydrogen-bond acceptors (Lipinski definition) is 4. The van der Waals surface area contributed by atoms with Crippen LogP contribution in [0, 0.1) is 0 Å². The number of nitrogens with two attached hydrogens (primary N) is 1. The fourth-order valence-corrected chi connectivity index (χ4v) is 1.47. The zero-order chi connectivity index (χ0) is 11.7. The molecule has 1 aromatic carbocycles. The van der Waals surface area contributed by atoms with Crippen LogP contribution >= 0.6 is 0 Å². The van der Waals surface area contributed by atoms with Gasteiger partial charge in [-0.3, -0.25) is 4.68 Å². The Morgan fingerprint density at radius 2 is 2.12 bits per heavy atom. The first-order chi connectivity index (χ1) is 7.61. The van der Waals surface area contributed by atoms with Crippen molar-refractivity contribution >= 4 is 5.82 Å². The van der Waals surface area contributed by atoms with E-state index in [1.807, 2.05) is 0 Å². The summed E-state index contributed by atoms with van der Waals surface area (Å²) < 4.78 is 6.56. The van der Waals surface area contributed by atoms with Crippen molar-refractivity contribution in [1.82, 2.24) is 9.78 Å². The van der Waals surface area contributed by atoms with Gasteiger partial charge in [0.2, 0.25) is 0 Å². The molecule has 0 amide bonds. The molecule has 0 fully saturated rings. The van der Waals surface area contributed by atoms with Crippen molar-refractivity contribution in [3.8, 4) is 22.8 Å². The molecule has 84 valence electrons. The molecule has 0 spiro atoms. The topological polar surface area (TPSA) is 73.3 Å². The van der Waals surface area contributed by atoms with Crippen molar-refractivity contribution in [2.45, 2.75) is 0 Å². The summed E-state index contributed by atoms with van der Waals surface area (Å²) in [5, 5.41) is 14.0. The first kappa shape index (κ1) is 10.4. The normalized spacial score (nSPS) is 10.4. The Bertz CT molecular complexity index is 500. The van der Waals surface area contributed by atoms with E-state index in [-0.39, 0.29) is 5.75 Å². The van der Waals surface area contributed by atoms with Crippen molar-refractivity contribution < 1.29 is 9.84 Å². The molecule has 0 saturated carbocycles. The number of benzene rings is 1. The smallest absolute Gasteiger partial charge is 0.128 e. The molecule has 3 N–H and O–H groups in total. The van der Waals surface area contributed by atoms with Crippen LogP contribution in [-0.4, -0.2) is 22.0 Å². The number of nitrogens with zero attached hydrogens (tertiary/aromatic N) is 2. The van der Waals surface area contributed by atoms with Crippen LogP contribution in [-0.2, 0) is 7.05 Å². The van der Waals surface area contributed by atoms with Crippen LogP contribution in [0.4, 0.5) is 5.82 Å². The zero-order valence-corrected chi connectivity index (χ0v) is 9.14. The Labute approximate surface area is 93.1 Å². The number of anilines is 1. The highest BCUT2D eigenvalue weighted by molar-refractivity contribution is 5.69. The number of phenolic OH excluding ortho intramolecular Hbond substituents is 1. The lowest BCUT2D eigenvalue weighted by Gasteiger charge is -2.04. The molecule has 1 heterocycles. The van der Waals surface area contributed by atoms with Crippen LogP contribution in [0.3, 0.4) is 0 Å². The summed E-state index contributed by atoms with van der Waals surface area (Å²) in [4.78, 5) is 0. The minimum absolute atomic E-state index is 0.123. The van der Waals surface area contributed by atoms with Crippen molar-refractivity contribution in [3.05, 3.63) is 24.3 Å². The van der Waals surface area contributed by atoms with Crippen LogP contribution in [0.2, 0.25) is 0 Å². The van der Waals surface area contributed by atoms with E-state index in [2.05, 4.69) is 5.10 Å².